The van der Waals surface area contributed by atoms with Gasteiger partial charge in [-0.25, -0.2) is 9.59 Å². The second kappa shape index (κ2) is 3.79. The quantitative estimate of drug-likeness (QED) is 0.853. The van der Waals surface area contributed by atoms with E-state index < -0.39 is 11.9 Å². The fourth-order valence-corrected chi connectivity index (χ4v) is 1.47. The van der Waals surface area contributed by atoms with Gasteiger partial charge in [0.2, 0.25) is 0 Å². The molecule has 0 saturated heterocycles. The normalized spacial score (nSPS) is 9.86. The summed E-state index contributed by atoms with van der Waals surface area (Å²) in [6.45, 7) is 1.56. The van der Waals surface area contributed by atoms with Crippen LogP contribution in [0.1, 0.15) is 26.3 Å². The molecule has 74 valence electrons. The summed E-state index contributed by atoms with van der Waals surface area (Å²) >= 11 is 3.14. The SMILES string of the molecule is Cc1c(Br)ccc(C(=O)O)c1C(=O)O. The zero-order chi connectivity index (χ0) is 10.9. The van der Waals surface area contributed by atoms with Crippen LogP contribution in [-0.2, 0) is 0 Å². The molecule has 2 N–H and O–H groups in total. The van der Waals surface area contributed by atoms with Gasteiger partial charge in [0.05, 0.1) is 11.1 Å². The summed E-state index contributed by atoms with van der Waals surface area (Å²) in [7, 11) is 0. The van der Waals surface area contributed by atoms with Gasteiger partial charge in [0.15, 0.2) is 0 Å². The van der Waals surface area contributed by atoms with E-state index in [9.17, 15) is 9.59 Å². The molecule has 0 fully saturated rings. The van der Waals surface area contributed by atoms with Crippen molar-refractivity contribution in [3.8, 4) is 0 Å². The molecule has 0 aliphatic rings. The van der Waals surface area contributed by atoms with Gasteiger partial charge in [-0.15, -0.1) is 0 Å². The molecular weight excluding hydrogens is 252 g/mol. The van der Waals surface area contributed by atoms with Crippen LogP contribution < -0.4 is 0 Å². The van der Waals surface area contributed by atoms with E-state index in [4.69, 9.17) is 10.2 Å². The highest BCUT2D eigenvalue weighted by molar-refractivity contribution is 9.10. The molecule has 4 nitrogen and oxygen atoms in total. The topological polar surface area (TPSA) is 74.6 Å². The summed E-state index contributed by atoms with van der Waals surface area (Å²) in [5.41, 5.74) is 0.0440. The summed E-state index contributed by atoms with van der Waals surface area (Å²) in [5, 5.41) is 17.6. The van der Waals surface area contributed by atoms with Crippen LogP contribution in [0.15, 0.2) is 16.6 Å². The maximum atomic E-state index is 10.8. The van der Waals surface area contributed by atoms with Crippen LogP contribution in [0.3, 0.4) is 0 Å². The maximum absolute atomic E-state index is 10.8. The third-order valence-corrected chi connectivity index (χ3v) is 2.70. The predicted molar refractivity (Wildman–Crippen MR) is 52.8 cm³/mol. The van der Waals surface area contributed by atoms with Gasteiger partial charge in [0.25, 0.3) is 0 Å². The largest absolute Gasteiger partial charge is 0.478 e. The standard InChI is InChI=1S/C9H7BrO4/c1-4-6(10)3-2-5(8(11)12)7(4)9(13)14/h2-3H,1H3,(H,11,12)(H,13,14). The Morgan fingerprint density at radius 1 is 1.21 bits per heavy atom. The van der Waals surface area contributed by atoms with E-state index in [1.54, 1.807) is 6.92 Å². The Hall–Kier alpha value is -1.36. The molecule has 0 heterocycles. The highest BCUT2D eigenvalue weighted by Crippen LogP contribution is 2.23. The number of halogens is 1. The lowest BCUT2D eigenvalue weighted by molar-refractivity contribution is 0.0650. The summed E-state index contributed by atoms with van der Waals surface area (Å²) in [5.74, 6) is -2.47. The van der Waals surface area contributed by atoms with Gasteiger partial charge in [-0.2, -0.15) is 0 Å². The molecule has 0 radical (unpaired) electrons. The first-order chi connectivity index (χ1) is 6.45. The van der Waals surface area contributed by atoms with Crippen LogP contribution in [0.4, 0.5) is 0 Å². The number of carbonyl (C=O) groups is 2. The lowest BCUT2D eigenvalue weighted by Crippen LogP contribution is -2.10. The molecule has 5 heteroatoms. The number of carboxylic acids is 2. The second-order valence-electron chi connectivity index (χ2n) is 2.71. The van der Waals surface area contributed by atoms with Crippen molar-refractivity contribution in [2.24, 2.45) is 0 Å². The average molecular weight is 259 g/mol. The third-order valence-electron chi connectivity index (χ3n) is 1.84. The minimum Gasteiger partial charge on any atom is -0.478 e. The van der Waals surface area contributed by atoms with Crippen molar-refractivity contribution in [2.75, 3.05) is 0 Å². The van der Waals surface area contributed by atoms with Crippen molar-refractivity contribution in [2.45, 2.75) is 6.92 Å². The number of benzene rings is 1. The van der Waals surface area contributed by atoms with E-state index in [2.05, 4.69) is 15.9 Å². The van der Waals surface area contributed by atoms with Gasteiger partial charge in [0, 0.05) is 4.47 Å². The molecule has 0 bridgehead atoms. The van der Waals surface area contributed by atoms with Gasteiger partial charge < -0.3 is 10.2 Å². The van der Waals surface area contributed by atoms with Crippen LogP contribution in [0.5, 0.6) is 0 Å². The van der Waals surface area contributed by atoms with Crippen molar-refractivity contribution in [3.05, 3.63) is 33.3 Å². The summed E-state index contributed by atoms with van der Waals surface area (Å²) in [6, 6.07) is 2.79. The van der Waals surface area contributed by atoms with Crippen LogP contribution in [0.25, 0.3) is 0 Å². The Kier molecular flexibility index (Phi) is 2.90. The van der Waals surface area contributed by atoms with Gasteiger partial charge in [-0.1, -0.05) is 15.9 Å². The number of hydrogen-bond acceptors (Lipinski definition) is 2. The molecule has 0 amide bonds. The number of rotatable bonds is 2. The molecule has 1 aromatic carbocycles. The first-order valence-corrected chi connectivity index (χ1v) is 4.50. The minimum absolute atomic E-state index is 0.174. The highest BCUT2D eigenvalue weighted by Gasteiger charge is 2.19. The fourth-order valence-electron chi connectivity index (χ4n) is 1.14. The van der Waals surface area contributed by atoms with Crippen LogP contribution >= 0.6 is 15.9 Å². The lowest BCUT2D eigenvalue weighted by Gasteiger charge is -2.06. The summed E-state index contributed by atoms with van der Waals surface area (Å²) in [4.78, 5) is 21.5. The van der Waals surface area contributed by atoms with E-state index >= 15 is 0 Å². The van der Waals surface area contributed by atoms with Crippen molar-refractivity contribution >= 4 is 27.9 Å². The fraction of sp³-hybridized carbons (Fsp3) is 0.111. The predicted octanol–water partition coefficient (Wildman–Crippen LogP) is 2.15. The maximum Gasteiger partial charge on any atom is 0.336 e. The van der Waals surface area contributed by atoms with Gasteiger partial charge in [-0.3, -0.25) is 0 Å². The molecule has 0 saturated carbocycles. The van der Waals surface area contributed by atoms with E-state index in [0.717, 1.165) is 0 Å². The molecule has 1 aromatic rings. The van der Waals surface area contributed by atoms with Crippen molar-refractivity contribution < 1.29 is 19.8 Å². The van der Waals surface area contributed by atoms with Crippen LogP contribution in [-0.4, -0.2) is 22.2 Å². The van der Waals surface area contributed by atoms with Gasteiger partial charge in [0.1, 0.15) is 0 Å². The summed E-state index contributed by atoms with van der Waals surface area (Å²) < 4.78 is 0.583. The number of aromatic carboxylic acids is 2. The highest BCUT2D eigenvalue weighted by atomic mass is 79.9. The molecule has 0 spiro atoms. The first-order valence-electron chi connectivity index (χ1n) is 3.71. The Morgan fingerprint density at radius 2 is 1.79 bits per heavy atom. The van der Waals surface area contributed by atoms with Crippen molar-refractivity contribution in [3.63, 3.8) is 0 Å². The average Bonchev–Trinajstić information content (AvgIpc) is 2.08. The van der Waals surface area contributed by atoms with E-state index in [0.29, 0.717) is 10.0 Å². The Labute approximate surface area is 88.3 Å². The minimum atomic E-state index is -1.24. The zero-order valence-electron chi connectivity index (χ0n) is 7.24. The number of carboxylic acid groups (broad SMARTS) is 2. The molecule has 1 rings (SSSR count). The van der Waals surface area contributed by atoms with E-state index in [-0.39, 0.29) is 11.1 Å². The summed E-state index contributed by atoms with van der Waals surface area (Å²) in [6.07, 6.45) is 0. The third kappa shape index (κ3) is 1.77. The van der Waals surface area contributed by atoms with Gasteiger partial charge >= 0.3 is 11.9 Å². The monoisotopic (exact) mass is 258 g/mol. The Bertz CT molecular complexity index is 412. The van der Waals surface area contributed by atoms with Crippen molar-refractivity contribution in [1.82, 2.24) is 0 Å². The van der Waals surface area contributed by atoms with Crippen LogP contribution in [0.2, 0.25) is 0 Å². The smallest absolute Gasteiger partial charge is 0.336 e. The molecule has 14 heavy (non-hydrogen) atoms. The van der Waals surface area contributed by atoms with Crippen molar-refractivity contribution in [1.29, 1.82) is 0 Å². The second-order valence-corrected chi connectivity index (χ2v) is 3.56. The number of hydrogen-bond donors (Lipinski definition) is 2. The molecule has 0 aliphatic heterocycles. The molecular formula is C9H7BrO4. The first kappa shape index (κ1) is 10.7. The van der Waals surface area contributed by atoms with Gasteiger partial charge in [-0.05, 0) is 24.6 Å². The Morgan fingerprint density at radius 3 is 2.21 bits per heavy atom. The molecule has 0 atom stereocenters. The Balaban J connectivity index is 3.53. The zero-order valence-corrected chi connectivity index (χ0v) is 8.83. The lowest BCUT2D eigenvalue weighted by atomic mass is 10.0. The van der Waals surface area contributed by atoms with E-state index in [1.165, 1.54) is 12.1 Å². The van der Waals surface area contributed by atoms with E-state index in [1.807, 2.05) is 0 Å². The molecule has 0 aliphatic carbocycles. The van der Waals surface area contributed by atoms with Crippen LogP contribution in [0, 0.1) is 6.92 Å². The molecule has 0 aromatic heterocycles. The molecule has 0 unspecified atom stereocenters.